The first-order valence-electron chi connectivity index (χ1n) is 5.24. The van der Waals surface area contributed by atoms with Gasteiger partial charge in [-0.3, -0.25) is 9.88 Å². The molecular weight excluding hydrogens is 192 g/mol. The molecule has 1 N–H and O–H groups in total. The lowest BCUT2D eigenvalue weighted by atomic mass is 10.1. The highest BCUT2D eigenvalue weighted by Gasteiger charge is 2.21. The predicted octanol–water partition coefficient (Wildman–Crippen LogP) is 0.447. The van der Waals surface area contributed by atoms with Gasteiger partial charge in [0.25, 0.3) is 0 Å². The molecule has 0 unspecified atom stereocenters. The van der Waals surface area contributed by atoms with Gasteiger partial charge >= 0.3 is 0 Å². The van der Waals surface area contributed by atoms with Gasteiger partial charge in [0.15, 0.2) is 0 Å². The van der Waals surface area contributed by atoms with Gasteiger partial charge in [0.05, 0.1) is 25.9 Å². The second kappa shape index (κ2) is 5.21. The second-order valence-electron chi connectivity index (χ2n) is 3.63. The first-order valence-corrected chi connectivity index (χ1v) is 5.24. The summed E-state index contributed by atoms with van der Waals surface area (Å²) < 4.78 is 5.29. The molecule has 1 saturated heterocycles. The first kappa shape index (κ1) is 10.5. The summed E-state index contributed by atoms with van der Waals surface area (Å²) in [7, 11) is 0. The van der Waals surface area contributed by atoms with Crippen LogP contribution in [0.2, 0.25) is 0 Å². The fourth-order valence-corrected chi connectivity index (χ4v) is 1.89. The third-order valence-electron chi connectivity index (χ3n) is 2.73. The van der Waals surface area contributed by atoms with E-state index < -0.39 is 0 Å². The molecule has 1 fully saturated rings. The number of nitrogens with zero attached hydrogens (tertiary/aromatic N) is 2. The van der Waals surface area contributed by atoms with E-state index in [1.165, 1.54) is 0 Å². The molecule has 0 saturated carbocycles. The molecule has 0 spiro atoms. The summed E-state index contributed by atoms with van der Waals surface area (Å²) in [4.78, 5) is 6.32. The maximum atomic E-state index is 9.42. The molecule has 1 aliphatic heterocycles. The topological polar surface area (TPSA) is 45.6 Å². The lowest BCUT2D eigenvalue weighted by Crippen LogP contribution is -2.40. The highest BCUT2D eigenvalue weighted by molar-refractivity contribution is 5.14. The van der Waals surface area contributed by atoms with Gasteiger partial charge in [-0.25, -0.2) is 0 Å². The van der Waals surface area contributed by atoms with Gasteiger partial charge in [-0.2, -0.15) is 0 Å². The molecule has 0 aliphatic carbocycles. The maximum absolute atomic E-state index is 9.42. The molecule has 0 amide bonds. The minimum absolute atomic E-state index is 0.0580. The van der Waals surface area contributed by atoms with Crippen LogP contribution in [0.25, 0.3) is 0 Å². The van der Waals surface area contributed by atoms with Crippen LogP contribution in [0.4, 0.5) is 0 Å². The molecule has 15 heavy (non-hydrogen) atoms. The van der Waals surface area contributed by atoms with Crippen LogP contribution in [0.15, 0.2) is 24.5 Å². The Labute approximate surface area is 89.5 Å². The van der Waals surface area contributed by atoms with E-state index in [9.17, 15) is 5.11 Å². The SMILES string of the molecule is OC[C@@H](c1cccnc1)N1CCOCC1. The Kier molecular flexibility index (Phi) is 3.66. The van der Waals surface area contributed by atoms with Crippen molar-refractivity contribution in [3.8, 4) is 0 Å². The van der Waals surface area contributed by atoms with E-state index in [-0.39, 0.29) is 12.6 Å². The van der Waals surface area contributed by atoms with E-state index in [0.29, 0.717) is 0 Å². The average Bonchev–Trinajstić information content (AvgIpc) is 2.33. The van der Waals surface area contributed by atoms with Crippen molar-refractivity contribution in [1.82, 2.24) is 9.88 Å². The summed E-state index contributed by atoms with van der Waals surface area (Å²) in [6.07, 6.45) is 3.56. The number of morpholine rings is 1. The summed E-state index contributed by atoms with van der Waals surface area (Å²) in [5, 5.41) is 9.42. The standard InChI is InChI=1S/C11H16N2O2/c14-9-11(10-2-1-3-12-8-10)13-4-6-15-7-5-13/h1-3,8,11,14H,4-7,9H2/t11-/m0/s1. The fourth-order valence-electron chi connectivity index (χ4n) is 1.89. The molecule has 0 bridgehead atoms. The Morgan fingerprint density at radius 2 is 2.27 bits per heavy atom. The number of aliphatic hydroxyl groups excluding tert-OH is 1. The molecule has 2 heterocycles. The quantitative estimate of drug-likeness (QED) is 0.783. The van der Waals surface area contributed by atoms with Crippen molar-refractivity contribution in [3.05, 3.63) is 30.1 Å². The van der Waals surface area contributed by atoms with Crippen LogP contribution in [-0.4, -0.2) is 47.9 Å². The van der Waals surface area contributed by atoms with Gasteiger partial charge in [0.2, 0.25) is 0 Å². The Morgan fingerprint density at radius 1 is 1.47 bits per heavy atom. The monoisotopic (exact) mass is 208 g/mol. The largest absolute Gasteiger partial charge is 0.394 e. The van der Waals surface area contributed by atoms with Gasteiger partial charge < -0.3 is 9.84 Å². The second-order valence-corrected chi connectivity index (χ2v) is 3.63. The Hall–Kier alpha value is -0.970. The normalized spacial score (nSPS) is 20.1. The molecule has 4 heteroatoms. The lowest BCUT2D eigenvalue weighted by molar-refractivity contribution is 0.00251. The van der Waals surface area contributed by atoms with E-state index in [1.54, 1.807) is 6.20 Å². The van der Waals surface area contributed by atoms with Crippen LogP contribution in [0.3, 0.4) is 0 Å². The van der Waals surface area contributed by atoms with Crippen molar-refractivity contribution in [2.24, 2.45) is 0 Å². The van der Waals surface area contributed by atoms with Crippen molar-refractivity contribution in [1.29, 1.82) is 0 Å². The molecule has 2 rings (SSSR count). The van der Waals surface area contributed by atoms with Crippen molar-refractivity contribution < 1.29 is 9.84 Å². The van der Waals surface area contributed by atoms with Gasteiger partial charge in [-0.15, -0.1) is 0 Å². The lowest BCUT2D eigenvalue weighted by Gasteiger charge is -2.33. The van der Waals surface area contributed by atoms with Crippen molar-refractivity contribution >= 4 is 0 Å². The van der Waals surface area contributed by atoms with Gasteiger partial charge in [0.1, 0.15) is 0 Å². The van der Waals surface area contributed by atoms with Crippen LogP contribution in [0.5, 0.6) is 0 Å². The molecule has 1 aliphatic rings. The van der Waals surface area contributed by atoms with Crippen LogP contribution < -0.4 is 0 Å². The number of pyridine rings is 1. The third kappa shape index (κ3) is 2.53. The number of hydrogen-bond donors (Lipinski definition) is 1. The van der Waals surface area contributed by atoms with E-state index in [1.807, 2.05) is 18.3 Å². The zero-order valence-electron chi connectivity index (χ0n) is 8.67. The highest BCUT2D eigenvalue weighted by atomic mass is 16.5. The van der Waals surface area contributed by atoms with Crippen LogP contribution >= 0.6 is 0 Å². The molecule has 82 valence electrons. The molecule has 4 nitrogen and oxygen atoms in total. The smallest absolute Gasteiger partial charge is 0.0629 e. The summed E-state index contributed by atoms with van der Waals surface area (Å²) >= 11 is 0. The van der Waals surface area contributed by atoms with Crippen LogP contribution in [0.1, 0.15) is 11.6 Å². The van der Waals surface area contributed by atoms with E-state index in [4.69, 9.17) is 4.74 Å². The average molecular weight is 208 g/mol. The predicted molar refractivity (Wildman–Crippen MR) is 56.5 cm³/mol. The summed E-state index contributed by atoms with van der Waals surface area (Å²) in [6, 6.07) is 3.96. The molecular formula is C11H16N2O2. The summed E-state index contributed by atoms with van der Waals surface area (Å²) in [6.45, 7) is 3.37. The molecule has 0 aromatic carbocycles. The summed E-state index contributed by atoms with van der Waals surface area (Å²) in [5.74, 6) is 0. The molecule has 1 atom stereocenters. The minimum atomic E-state index is 0.0580. The van der Waals surface area contributed by atoms with Gasteiger partial charge in [0, 0.05) is 25.5 Å². The number of aromatic nitrogens is 1. The molecule has 0 radical (unpaired) electrons. The van der Waals surface area contributed by atoms with Crippen LogP contribution in [0, 0.1) is 0 Å². The Balaban J connectivity index is 2.09. The van der Waals surface area contributed by atoms with Crippen molar-refractivity contribution in [2.45, 2.75) is 6.04 Å². The Morgan fingerprint density at radius 3 is 2.87 bits per heavy atom. The first-order chi connectivity index (χ1) is 7.42. The number of aliphatic hydroxyl groups is 1. The summed E-state index contributed by atoms with van der Waals surface area (Å²) in [5.41, 5.74) is 1.07. The maximum Gasteiger partial charge on any atom is 0.0629 e. The minimum Gasteiger partial charge on any atom is -0.394 e. The number of ether oxygens (including phenoxy) is 1. The number of rotatable bonds is 3. The Bertz CT molecular complexity index is 286. The zero-order valence-corrected chi connectivity index (χ0v) is 8.67. The van der Waals surface area contributed by atoms with Gasteiger partial charge in [-0.05, 0) is 11.6 Å². The zero-order chi connectivity index (χ0) is 10.5. The number of hydrogen-bond acceptors (Lipinski definition) is 4. The fraction of sp³-hybridized carbons (Fsp3) is 0.545. The van der Waals surface area contributed by atoms with E-state index in [0.717, 1.165) is 31.9 Å². The third-order valence-corrected chi connectivity index (χ3v) is 2.73. The van der Waals surface area contributed by atoms with Crippen molar-refractivity contribution in [2.75, 3.05) is 32.9 Å². The molecule has 1 aromatic heterocycles. The van der Waals surface area contributed by atoms with E-state index >= 15 is 0 Å². The van der Waals surface area contributed by atoms with Crippen molar-refractivity contribution in [3.63, 3.8) is 0 Å². The molecule has 1 aromatic rings. The highest BCUT2D eigenvalue weighted by Crippen LogP contribution is 2.19. The van der Waals surface area contributed by atoms with Crippen LogP contribution in [-0.2, 0) is 4.74 Å². The van der Waals surface area contributed by atoms with E-state index in [2.05, 4.69) is 9.88 Å². The van der Waals surface area contributed by atoms with Gasteiger partial charge in [-0.1, -0.05) is 6.07 Å².